The summed E-state index contributed by atoms with van der Waals surface area (Å²) in [5, 5.41) is 7.32. The number of thiophene rings is 2. The van der Waals surface area contributed by atoms with Crippen LogP contribution < -0.4 is 4.90 Å². The van der Waals surface area contributed by atoms with Crippen LogP contribution in [-0.4, -0.2) is 57.7 Å². The van der Waals surface area contributed by atoms with Gasteiger partial charge in [-0.3, -0.25) is 4.90 Å². The molecule has 0 aliphatic carbocycles. The molecule has 5 rings (SSSR count). The van der Waals surface area contributed by atoms with Gasteiger partial charge in [-0.05, 0) is 36.9 Å². The fourth-order valence-electron chi connectivity index (χ4n) is 3.82. The monoisotopic (exact) mass is 440 g/mol. The quantitative estimate of drug-likeness (QED) is 0.428. The molecule has 0 spiro atoms. The molecule has 9 heteroatoms. The van der Waals surface area contributed by atoms with Crippen molar-refractivity contribution in [3.8, 4) is 10.7 Å². The van der Waals surface area contributed by atoms with Gasteiger partial charge in [0, 0.05) is 37.5 Å². The third kappa shape index (κ3) is 4.10. The molecule has 1 saturated heterocycles. The van der Waals surface area contributed by atoms with Crippen molar-refractivity contribution in [2.75, 3.05) is 37.6 Å². The first-order chi connectivity index (χ1) is 14.8. The van der Waals surface area contributed by atoms with Crippen molar-refractivity contribution < 1.29 is 4.52 Å². The van der Waals surface area contributed by atoms with Crippen LogP contribution in [0.5, 0.6) is 0 Å². The maximum Gasteiger partial charge on any atom is 0.227 e. The number of fused-ring (bicyclic) bond motifs is 1. The Morgan fingerprint density at radius 3 is 2.87 bits per heavy atom. The maximum atomic E-state index is 5.41. The Morgan fingerprint density at radius 2 is 2.07 bits per heavy atom. The molecule has 0 saturated carbocycles. The van der Waals surface area contributed by atoms with E-state index in [-0.39, 0.29) is 0 Å². The molecule has 0 radical (unpaired) electrons. The van der Waals surface area contributed by atoms with Crippen LogP contribution in [0.25, 0.3) is 20.9 Å². The fourth-order valence-corrected chi connectivity index (χ4v) is 5.40. The molecule has 7 nitrogen and oxygen atoms in total. The van der Waals surface area contributed by atoms with Crippen molar-refractivity contribution in [1.82, 2.24) is 25.0 Å². The highest BCUT2D eigenvalue weighted by Crippen LogP contribution is 2.31. The van der Waals surface area contributed by atoms with Gasteiger partial charge in [0.2, 0.25) is 11.7 Å². The second-order valence-corrected chi connectivity index (χ2v) is 9.47. The van der Waals surface area contributed by atoms with Gasteiger partial charge in [0.25, 0.3) is 0 Å². The third-order valence-corrected chi connectivity index (χ3v) is 7.51. The summed E-state index contributed by atoms with van der Waals surface area (Å²) in [6.07, 6.45) is 4.59. The summed E-state index contributed by atoms with van der Waals surface area (Å²) >= 11 is 3.41. The van der Waals surface area contributed by atoms with Crippen molar-refractivity contribution in [1.29, 1.82) is 0 Å². The highest BCUT2D eigenvalue weighted by atomic mass is 32.1. The zero-order chi connectivity index (χ0) is 20.3. The van der Waals surface area contributed by atoms with Crippen LogP contribution in [0, 0.1) is 0 Å². The predicted molar refractivity (Wildman–Crippen MR) is 121 cm³/mol. The smallest absolute Gasteiger partial charge is 0.227 e. The van der Waals surface area contributed by atoms with E-state index in [1.54, 1.807) is 29.0 Å². The molecule has 1 aliphatic heterocycles. The van der Waals surface area contributed by atoms with Crippen molar-refractivity contribution in [2.45, 2.75) is 26.2 Å². The molecule has 30 heavy (non-hydrogen) atoms. The van der Waals surface area contributed by atoms with Gasteiger partial charge in [0.05, 0.1) is 10.3 Å². The van der Waals surface area contributed by atoms with Gasteiger partial charge in [-0.25, -0.2) is 9.97 Å². The first-order valence-electron chi connectivity index (χ1n) is 10.4. The lowest BCUT2D eigenvalue weighted by Crippen LogP contribution is -2.47. The van der Waals surface area contributed by atoms with E-state index in [0.29, 0.717) is 5.82 Å². The number of nitrogens with zero attached hydrogens (tertiary/aromatic N) is 6. The molecule has 0 aromatic carbocycles. The number of hydrogen-bond donors (Lipinski definition) is 0. The topological polar surface area (TPSA) is 71.2 Å². The largest absolute Gasteiger partial charge is 0.353 e. The summed E-state index contributed by atoms with van der Waals surface area (Å²) in [6.45, 7) is 7.30. The van der Waals surface area contributed by atoms with Crippen LogP contribution in [0.1, 0.15) is 24.1 Å². The van der Waals surface area contributed by atoms with Gasteiger partial charge in [0.15, 0.2) is 0 Å². The minimum atomic E-state index is 0.699. The highest BCUT2D eigenvalue weighted by molar-refractivity contribution is 7.18. The molecular formula is C21H24N6OS2. The molecular weight excluding hydrogens is 416 g/mol. The average molecular weight is 441 g/mol. The molecule has 0 atom stereocenters. The number of rotatable bonds is 7. The van der Waals surface area contributed by atoms with E-state index >= 15 is 0 Å². The summed E-state index contributed by atoms with van der Waals surface area (Å²) in [5.41, 5.74) is 0. The molecule has 0 N–H and O–H groups in total. The Hall–Kier alpha value is -2.36. The molecule has 156 valence electrons. The van der Waals surface area contributed by atoms with E-state index < -0.39 is 0 Å². The second kappa shape index (κ2) is 8.79. The van der Waals surface area contributed by atoms with Crippen LogP contribution in [0.2, 0.25) is 0 Å². The summed E-state index contributed by atoms with van der Waals surface area (Å²) in [6, 6.07) is 6.28. The van der Waals surface area contributed by atoms with Crippen LogP contribution in [-0.2, 0) is 12.8 Å². The van der Waals surface area contributed by atoms with Crippen LogP contribution >= 0.6 is 22.7 Å². The summed E-state index contributed by atoms with van der Waals surface area (Å²) in [4.78, 5) is 22.0. The van der Waals surface area contributed by atoms with E-state index in [0.717, 1.165) is 73.4 Å². The lowest BCUT2D eigenvalue weighted by atomic mass is 10.2. The lowest BCUT2D eigenvalue weighted by Gasteiger charge is -2.35. The SMILES string of the molecule is CCc1cc2c(N3CCN(CCCc4nc(-c5cccs5)no4)CC3)ncnc2s1. The minimum absolute atomic E-state index is 0.699. The van der Waals surface area contributed by atoms with E-state index in [4.69, 9.17) is 4.52 Å². The first-order valence-corrected chi connectivity index (χ1v) is 12.1. The third-order valence-electron chi connectivity index (χ3n) is 5.45. The molecule has 4 aromatic heterocycles. The van der Waals surface area contributed by atoms with Gasteiger partial charge < -0.3 is 9.42 Å². The van der Waals surface area contributed by atoms with E-state index in [1.165, 1.54) is 10.3 Å². The van der Waals surface area contributed by atoms with E-state index in [9.17, 15) is 0 Å². The molecule has 0 unspecified atom stereocenters. The van der Waals surface area contributed by atoms with Crippen LogP contribution in [0.4, 0.5) is 5.82 Å². The van der Waals surface area contributed by atoms with Gasteiger partial charge in [0.1, 0.15) is 17.0 Å². The molecule has 4 aromatic rings. The Bertz CT molecular complexity index is 1100. The summed E-state index contributed by atoms with van der Waals surface area (Å²) in [5.74, 6) is 2.51. The van der Waals surface area contributed by atoms with Gasteiger partial charge >= 0.3 is 0 Å². The van der Waals surface area contributed by atoms with E-state index in [1.807, 2.05) is 17.5 Å². The maximum absolute atomic E-state index is 5.41. The predicted octanol–water partition coefficient (Wildman–Crippen LogP) is 4.12. The van der Waals surface area contributed by atoms with E-state index in [2.05, 4.69) is 42.9 Å². The Labute approximate surface area is 183 Å². The Kier molecular flexibility index (Phi) is 5.74. The summed E-state index contributed by atoms with van der Waals surface area (Å²) in [7, 11) is 0. The fraction of sp³-hybridized carbons (Fsp3) is 0.429. The number of anilines is 1. The highest BCUT2D eigenvalue weighted by Gasteiger charge is 2.21. The van der Waals surface area contributed by atoms with Crippen LogP contribution in [0.3, 0.4) is 0 Å². The normalized spacial score (nSPS) is 15.3. The zero-order valence-corrected chi connectivity index (χ0v) is 18.6. The standard InChI is InChI=1S/C21H24N6OS2/c1-2-15-13-16-20(22-14-23-21(16)30-15)27-10-8-26(9-11-27)7-3-6-18-24-19(25-28-18)17-5-4-12-29-17/h4-5,12-14H,2-3,6-11H2,1H3. The molecule has 1 aliphatic rings. The number of hydrogen-bond acceptors (Lipinski definition) is 9. The number of aryl methyl sites for hydroxylation is 2. The number of aromatic nitrogens is 4. The Morgan fingerprint density at radius 1 is 1.17 bits per heavy atom. The molecule has 0 amide bonds. The van der Waals surface area contributed by atoms with Crippen LogP contribution in [0.15, 0.2) is 34.4 Å². The average Bonchev–Trinajstić information content (AvgIpc) is 3.53. The molecule has 1 fully saturated rings. The van der Waals surface area contributed by atoms with Crippen molar-refractivity contribution in [2.24, 2.45) is 0 Å². The van der Waals surface area contributed by atoms with Crippen molar-refractivity contribution in [3.05, 3.63) is 40.7 Å². The van der Waals surface area contributed by atoms with Gasteiger partial charge in [-0.2, -0.15) is 4.98 Å². The second-order valence-electron chi connectivity index (χ2n) is 7.40. The van der Waals surface area contributed by atoms with Crippen molar-refractivity contribution >= 4 is 38.7 Å². The lowest BCUT2D eigenvalue weighted by molar-refractivity contribution is 0.250. The van der Waals surface area contributed by atoms with Gasteiger partial charge in [-0.15, -0.1) is 22.7 Å². The summed E-state index contributed by atoms with van der Waals surface area (Å²) < 4.78 is 5.41. The minimum Gasteiger partial charge on any atom is -0.353 e. The van der Waals surface area contributed by atoms with Crippen molar-refractivity contribution in [3.63, 3.8) is 0 Å². The molecule has 0 bridgehead atoms. The molecule has 5 heterocycles. The van der Waals surface area contributed by atoms with Gasteiger partial charge in [-0.1, -0.05) is 18.1 Å². The number of piperazine rings is 1. The Balaban J connectivity index is 1.13. The zero-order valence-electron chi connectivity index (χ0n) is 17.0. The first kappa shape index (κ1) is 19.6.